The maximum atomic E-state index is 11.6. The third-order valence-corrected chi connectivity index (χ3v) is 2.27. The monoisotopic (exact) mass is 229 g/mol. The molecule has 0 aliphatic heterocycles. The Hall–Kier alpha value is -2.30. The lowest BCUT2D eigenvalue weighted by Crippen LogP contribution is -2.07. The minimum absolute atomic E-state index is 0.351. The third-order valence-electron chi connectivity index (χ3n) is 2.27. The van der Waals surface area contributed by atoms with Crippen LogP contribution < -0.4 is 0 Å². The Labute approximate surface area is 98.5 Å². The van der Waals surface area contributed by atoms with Gasteiger partial charge in [-0.1, -0.05) is 0 Å². The minimum Gasteiger partial charge on any atom is -0.465 e. The third kappa shape index (κ3) is 2.28. The molecule has 17 heavy (non-hydrogen) atoms. The van der Waals surface area contributed by atoms with Gasteiger partial charge >= 0.3 is 5.97 Å². The average molecular weight is 229 g/mol. The van der Waals surface area contributed by atoms with Gasteiger partial charge in [0.2, 0.25) is 0 Å². The van der Waals surface area contributed by atoms with Gasteiger partial charge in [0, 0.05) is 24.2 Å². The zero-order valence-electron chi connectivity index (χ0n) is 9.54. The van der Waals surface area contributed by atoms with Crippen LogP contribution in [0.1, 0.15) is 16.2 Å². The normalized spacial score (nSPS) is 10.0. The van der Waals surface area contributed by atoms with E-state index in [2.05, 4.69) is 15.0 Å². The predicted molar refractivity (Wildman–Crippen MR) is 61.3 cm³/mol. The molecule has 5 heteroatoms. The molecule has 0 bridgehead atoms. The highest BCUT2D eigenvalue weighted by Gasteiger charge is 2.15. The summed E-state index contributed by atoms with van der Waals surface area (Å²) in [4.78, 5) is 23.8. The van der Waals surface area contributed by atoms with Crippen LogP contribution >= 0.6 is 0 Å². The molecule has 2 heterocycles. The molecule has 5 nitrogen and oxygen atoms in total. The number of aromatic nitrogens is 3. The molecule has 0 N–H and O–H groups in total. The van der Waals surface area contributed by atoms with E-state index in [1.165, 1.54) is 13.3 Å². The summed E-state index contributed by atoms with van der Waals surface area (Å²) >= 11 is 0. The molecule has 0 atom stereocenters. The lowest BCUT2D eigenvalue weighted by Gasteiger charge is -2.07. The SMILES string of the molecule is COC(=O)c1cnc(C)nc1-c1ccncc1. The number of hydrogen-bond acceptors (Lipinski definition) is 5. The van der Waals surface area contributed by atoms with Gasteiger partial charge in [-0.15, -0.1) is 0 Å². The second kappa shape index (κ2) is 4.69. The predicted octanol–water partition coefficient (Wildman–Crippen LogP) is 1.63. The van der Waals surface area contributed by atoms with E-state index in [-0.39, 0.29) is 0 Å². The minimum atomic E-state index is -0.447. The number of ether oxygens (including phenoxy) is 1. The summed E-state index contributed by atoms with van der Waals surface area (Å²) in [5, 5.41) is 0. The zero-order valence-corrected chi connectivity index (χ0v) is 9.54. The molecular weight excluding hydrogens is 218 g/mol. The van der Waals surface area contributed by atoms with E-state index in [0.29, 0.717) is 17.1 Å². The fourth-order valence-electron chi connectivity index (χ4n) is 1.46. The molecule has 0 fully saturated rings. The Morgan fingerprint density at radius 2 is 2.00 bits per heavy atom. The Bertz CT molecular complexity index is 541. The van der Waals surface area contributed by atoms with Gasteiger partial charge in [0.15, 0.2) is 0 Å². The zero-order chi connectivity index (χ0) is 12.3. The second-order valence-electron chi connectivity index (χ2n) is 3.41. The molecule has 0 aromatic carbocycles. The number of aryl methyl sites for hydroxylation is 1. The van der Waals surface area contributed by atoms with Gasteiger partial charge in [-0.05, 0) is 19.1 Å². The van der Waals surface area contributed by atoms with Crippen molar-refractivity contribution >= 4 is 5.97 Å². The maximum Gasteiger partial charge on any atom is 0.341 e. The Balaban J connectivity index is 2.59. The molecule has 0 amide bonds. The first kappa shape index (κ1) is 11.2. The standard InChI is InChI=1S/C12H11N3O2/c1-8-14-7-10(12(16)17-2)11(15-8)9-3-5-13-6-4-9/h3-7H,1-2H3. The van der Waals surface area contributed by atoms with Crippen molar-refractivity contribution in [3.8, 4) is 11.3 Å². The summed E-state index contributed by atoms with van der Waals surface area (Å²) in [5.41, 5.74) is 1.72. The van der Waals surface area contributed by atoms with E-state index in [1.54, 1.807) is 31.5 Å². The van der Waals surface area contributed by atoms with E-state index >= 15 is 0 Å². The molecule has 2 aromatic heterocycles. The van der Waals surface area contributed by atoms with Crippen LogP contribution in [-0.4, -0.2) is 28.0 Å². The number of pyridine rings is 1. The van der Waals surface area contributed by atoms with Crippen molar-refractivity contribution in [2.45, 2.75) is 6.92 Å². The van der Waals surface area contributed by atoms with Crippen LogP contribution in [0, 0.1) is 6.92 Å². The summed E-state index contributed by atoms with van der Waals surface area (Å²) < 4.78 is 4.70. The number of rotatable bonds is 2. The lowest BCUT2D eigenvalue weighted by atomic mass is 10.1. The second-order valence-corrected chi connectivity index (χ2v) is 3.41. The summed E-state index contributed by atoms with van der Waals surface area (Å²) in [6.07, 6.45) is 4.77. The summed E-state index contributed by atoms with van der Waals surface area (Å²) in [6.45, 7) is 1.77. The smallest absolute Gasteiger partial charge is 0.341 e. The molecule has 2 aromatic rings. The van der Waals surface area contributed by atoms with Gasteiger partial charge < -0.3 is 4.74 Å². The van der Waals surface area contributed by atoms with Crippen LogP contribution in [0.25, 0.3) is 11.3 Å². The van der Waals surface area contributed by atoms with Crippen molar-refractivity contribution < 1.29 is 9.53 Å². The quantitative estimate of drug-likeness (QED) is 0.732. The maximum absolute atomic E-state index is 11.6. The van der Waals surface area contributed by atoms with Gasteiger partial charge in [0.05, 0.1) is 12.8 Å². The Morgan fingerprint density at radius 1 is 1.29 bits per heavy atom. The Morgan fingerprint density at radius 3 is 2.65 bits per heavy atom. The van der Waals surface area contributed by atoms with Gasteiger partial charge in [-0.3, -0.25) is 4.98 Å². The number of methoxy groups -OCH3 is 1. The van der Waals surface area contributed by atoms with Gasteiger partial charge in [-0.2, -0.15) is 0 Å². The molecule has 0 saturated heterocycles. The summed E-state index contributed by atoms with van der Waals surface area (Å²) in [7, 11) is 1.33. The van der Waals surface area contributed by atoms with Gasteiger partial charge in [0.25, 0.3) is 0 Å². The first-order valence-electron chi connectivity index (χ1n) is 5.04. The fraction of sp³-hybridized carbons (Fsp3) is 0.167. The molecule has 0 aliphatic rings. The summed E-state index contributed by atoms with van der Waals surface area (Å²) in [6, 6.07) is 3.57. The lowest BCUT2D eigenvalue weighted by molar-refractivity contribution is 0.0600. The molecule has 86 valence electrons. The Kier molecular flexibility index (Phi) is 3.09. The van der Waals surface area contributed by atoms with E-state index < -0.39 is 5.97 Å². The average Bonchev–Trinajstić information content (AvgIpc) is 2.39. The van der Waals surface area contributed by atoms with Crippen molar-refractivity contribution in [1.82, 2.24) is 15.0 Å². The first-order chi connectivity index (χ1) is 8.22. The van der Waals surface area contributed by atoms with Crippen LogP contribution in [0.15, 0.2) is 30.7 Å². The van der Waals surface area contributed by atoms with E-state index in [9.17, 15) is 4.79 Å². The molecular formula is C12H11N3O2. The molecule has 0 saturated carbocycles. The molecule has 0 unspecified atom stereocenters. The van der Waals surface area contributed by atoms with E-state index in [1.807, 2.05) is 0 Å². The molecule has 0 spiro atoms. The van der Waals surface area contributed by atoms with Crippen LogP contribution in [0.5, 0.6) is 0 Å². The number of carbonyl (C=O) groups is 1. The topological polar surface area (TPSA) is 65.0 Å². The van der Waals surface area contributed by atoms with Crippen molar-refractivity contribution in [1.29, 1.82) is 0 Å². The van der Waals surface area contributed by atoms with Crippen molar-refractivity contribution in [3.05, 3.63) is 42.1 Å². The number of nitrogens with zero attached hydrogens (tertiary/aromatic N) is 3. The largest absolute Gasteiger partial charge is 0.465 e. The van der Waals surface area contributed by atoms with Crippen molar-refractivity contribution in [3.63, 3.8) is 0 Å². The van der Waals surface area contributed by atoms with E-state index in [0.717, 1.165) is 5.56 Å². The van der Waals surface area contributed by atoms with Crippen LogP contribution in [-0.2, 0) is 4.74 Å². The number of hydrogen-bond donors (Lipinski definition) is 0. The summed E-state index contributed by atoms with van der Waals surface area (Å²) in [5.74, 6) is 0.154. The van der Waals surface area contributed by atoms with Gasteiger partial charge in [0.1, 0.15) is 11.4 Å². The molecule has 0 aliphatic carbocycles. The van der Waals surface area contributed by atoms with Crippen LogP contribution in [0.2, 0.25) is 0 Å². The highest BCUT2D eigenvalue weighted by Crippen LogP contribution is 2.20. The number of esters is 1. The fourth-order valence-corrected chi connectivity index (χ4v) is 1.46. The highest BCUT2D eigenvalue weighted by atomic mass is 16.5. The number of carbonyl (C=O) groups excluding carboxylic acids is 1. The van der Waals surface area contributed by atoms with Crippen LogP contribution in [0.4, 0.5) is 0 Å². The highest BCUT2D eigenvalue weighted by molar-refractivity contribution is 5.95. The van der Waals surface area contributed by atoms with E-state index in [4.69, 9.17) is 4.74 Å². The molecule has 0 radical (unpaired) electrons. The molecule has 2 rings (SSSR count). The van der Waals surface area contributed by atoms with Crippen molar-refractivity contribution in [2.75, 3.05) is 7.11 Å². The van der Waals surface area contributed by atoms with Gasteiger partial charge in [-0.25, -0.2) is 14.8 Å². The van der Waals surface area contributed by atoms with Crippen molar-refractivity contribution in [2.24, 2.45) is 0 Å². The first-order valence-corrected chi connectivity index (χ1v) is 5.04. The van der Waals surface area contributed by atoms with Crippen LogP contribution in [0.3, 0.4) is 0 Å².